The number of rotatable bonds is 8. The van der Waals surface area contributed by atoms with E-state index in [-0.39, 0.29) is 16.8 Å². The van der Waals surface area contributed by atoms with E-state index in [1.807, 2.05) is 32.5 Å². The zero-order valence-corrected chi connectivity index (χ0v) is 19.2. The highest BCUT2D eigenvalue weighted by atomic mass is 32.2. The van der Waals surface area contributed by atoms with Crippen LogP contribution in [0.3, 0.4) is 0 Å². The van der Waals surface area contributed by atoms with Gasteiger partial charge in [0.25, 0.3) is 0 Å². The Kier molecular flexibility index (Phi) is 8.36. The van der Waals surface area contributed by atoms with Gasteiger partial charge in [0.05, 0.1) is 10.9 Å². The van der Waals surface area contributed by atoms with E-state index in [9.17, 15) is 13.2 Å². The van der Waals surface area contributed by atoms with Crippen LogP contribution in [0.4, 0.5) is 5.69 Å². The summed E-state index contributed by atoms with van der Waals surface area (Å²) in [4.78, 5) is 15.2. The summed E-state index contributed by atoms with van der Waals surface area (Å²) in [6.07, 6.45) is 1.10. The summed E-state index contributed by atoms with van der Waals surface area (Å²) in [5, 5.41) is 3.48. The molecule has 2 atom stereocenters. The van der Waals surface area contributed by atoms with Gasteiger partial charge in [0.1, 0.15) is 0 Å². The Hall–Kier alpha value is -1.09. The lowest BCUT2D eigenvalue weighted by molar-refractivity contribution is -0.120. The maximum absolute atomic E-state index is 12.9. The quantitative estimate of drug-likeness (QED) is 0.690. The lowest BCUT2D eigenvalue weighted by Gasteiger charge is -2.35. The minimum Gasteiger partial charge on any atom is -0.325 e. The van der Waals surface area contributed by atoms with Gasteiger partial charge in [-0.3, -0.25) is 9.69 Å². The smallest absolute Gasteiger partial charge is 0.243 e. The first-order chi connectivity index (χ1) is 13.2. The number of aryl methyl sites for hydroxylation is 1. The van der Waals surface area contributed by atoms with Gasteiger partial charge in [-0.05, 0) is 38.0 Å². The Bertz CT molecular complexity index is 779. The van der Waals surface area contributed by atoms with Crippen molar-refractivity contribution >= 4 is 33.4 Å². The molecule has 0 spiro atoms. The molecule has 0 saturated carbocycles. The molecule has 0 radical (unpaired) electrons. The van der Waals surface area contributed by atoms with Crippen LogP contribution >= 0.6 is 11.8 Å². The van der Waals surface area contributed by atoms with Crippen molar-refractivity contribution < 1.29 is 13.2 Å². The van der Waals surface area contributed by atoms with Gasteiger partial charge < -0.3 is 5.32 Å². The Morgan fingerprint density at radius 2 is 2.00 bits per heavy atom. The highest BCUT2D eigenvalue weighted by Crippen LogP contribution is 2.25. The molecule has 1 N–H and O–H groups in total. The average molecular weight is 428 g/mol. The van der Waals surface area contributed by atoms with E-state index >= 15 is 0 Å². The molecule has 1 amide bonds. The van der Waals surface area contributed by atoms with Crippen LogP contribution in [0.15, 0.2) is 23.1 Å². The lowest BCUT2D eigenvalue weighted by Crippen LogP contribution is -2.48. The van der Waals surface area contributed by atoms with Crippen LogP contribution in [0.25, 0.3) is 0 Å². The minimum absolute atomic E-state index is 0.100. The molecule has 28 heavy (non-hydrogen) atoms. The number of amides is 1. The molecule has 1 aromatic rings. The van der Waals surface area contributed by atoms with Crippen LogP contribution in [0.5, 0.6) is 0 Å². The third kappa shape index (κ3) is 5.28. The number of anilines is 1. The highest BCUT2D eigenvalue weighted by molar-refractivity contribution is 8.00. The molecule has 0 aliphatic carbocycles. The normalized spacial score (nSPS) is 19.6. The molecular weight excluding hydrogens is 394 g/mol. The fraction of sp³-hybridized carbons (Fsp3) is 0.650. The van der Waals surface area contributed by atoms with E-state index in [4.69, 9.17) is 0 Å². The highest BCUT2D eigenvalue weighted by Gasteiger charge is 2.28. The molecule has 8 heteroatoms. The predicted octanol–water partition coefficient (Wildman–Crippen LogP) is 3.18. The summed E-state index contributed by atoms with van der Waals surface area (Å²) in [6.45, 7) is 12.1. The maximum atomic E-state index is 12.9. The molecule has 1 fully saturated rings. The third-order valence-corrected chi connectivity index (χ3v) is 8.90. The second-order valence-corrected chi connectivity index (χ2v) is 10.4. The van der Waals surface area contributed by atoms with Gasteiger partial charge in [-0.1, -0.05) is 26.8 Å². The Morgan fingerprint density at radius 1 is 1.32 bits per heavy atom. The van der Waals surface area contributed by atoms with E-state index in [1.165, 1.54) is 4.31 Å². The minimum atomic E-state index is -3.57. The number of sulfonamides is 1. The fourth-order valence-corrected chi connectivity index (χ4v) is 6.33. The van der Waals surface area contributed by atoms with E-state index in [0.717, 1.165) is 25.3 Å². The van der Waals surface area contributed by atoms with Crippen molar-refractivity contribution in [2.45, 2.75) is 57.2 Å². The number of carbonyl (C=O) groups is 1. The van der Waals surface area contributed by atoms with Crippen LogP contribution < -0.4 is 5.32 Å². The van der Waals surface area contributed by atoms with Crippen molar-refractivity contribution in [2.75, 3.05) is 37.2 Å². The number of benzene rings is 1. The van der Waals surface area contributed by atoms with Crippen molar-refractivity contribution in [3.8, 4) is 0 Å². The molecule has 1 heterocycles. The molecule has 6 nitrogen and oxygen atoms in total. The maximum Gasteiger partial charge on any atom is 0.243 e. The van der Waals surface area contributed by atoms with Crippen molar-refractivity contribution in [2.24, 2.45) is 0 Å². The van der Waals surface area contributed by atoms with Gasteiger partial charge in [-0.15, -0.1) is 0 Å². The summed E-state index contributed by atoms with van der Waals surface area (Å²) in [5.74, 6) is 0.934. The number of nitrogens with one attached hydrogen (secondary N) is 1. The molecule has 2 rings (SSSR count). The number of hydrogen-bond acceptors (Lipinski definition) is 5. The molecule has 1 saturated heterocycles. The number of nitrogens with zero attached hydrogens (tertiary/aromatic N) is 2. The summed E-state index contributed by atoms with van der Waals surface area (Å²) in [6, 6.07) is 4.84. The van der Waals surface area contributed by atoms with E-state index < -0.39 is 10.0 Å². The van der Waals surface area contributed by atoms with Crippen LogP contribution in [-0.4, -0.2) is 66.8 Å². The molecule has 0 unspecified atom stereocenters. The van der Waals surface area contributed by atoms with Crippen LogP contribution in [0.2, 0.25) is 0 Å². The van der Waals surface area contributed by atoms with Crippen molar-refractivity contribution in [1.82, 2.24) is 9.21 Å². The molecule has 1 aromatic carbocycles. The summed E-state index contributed by atoms with van der Waals surface area (Å²) >= 11 is 1.97. The van der Waals surface area contributed by atoms with Crippen LogP contribution in [0.1, 0.15) is 39.7 Å². The van der Waals surface area contributed by atoms with Crippen molar-refractivity contribution in [3.05, 3.63) is 23.8 Å². The van der Waals surface area contributed by atoms with Crippen molar-refractivity contribution in [1.29, 1.82) is 0 Å². The molecule has 0 bridgehead atoms. The Labute approximate surface area is 174 Å². The van der Waals surface area contributed by atoms with Gasteiger partial charge in [0.2, 0.25) is 15.9 Å². The second kappa shape index (κ2) is 10.1. The van der Waals surface area contributed by atoms with E-state index in [0.29, 0.717) is 29.6 Å². The number of thioether (sulfide) groups is 1. The predicted molar refractivity (Wildman–Crippen MR) is 117 cm³/mol. The van der Waals surface area contributed by atoms with Crippen LogP contribution in [0, 0.1) is 6.92 Å². The van der Waals surface area contributed by atoms with Gasteiger partial charge in [-0.2, -0.15) is 16.1 Å². The monoisotopic (exact) mass is 427 g/mol. The first kappa shape index (κ1) is 23.2. The van der Waals surface area contributed by atoms with Gasteiger partial charge in [-0.25, -0.2) is 8.42 Å². The summed E-state index contributed by atoms with van der Waals surface area (Å²) in [7, 11) is -3.57. The molecule has 158 valence electrons. The molecule has 1 aliphatic heterocycles. The third-order valence-electron chi connectivity index (χ3n) is 5.33. The summed E-state index contributed by atoms with van der Waals surface area (Å²) < 4.78 is 27.2. The first-order valence-corrected chi connectivity index (χ1v) is 12.5. The van der Waals surface area contributed by atoms with E-state index in [1.54, 1.807) is 25.1 Å². The lowest BCUT2D eigenvalue weighted by atomic mass is 10.2. The Morgan fingerprint density at radius 3 is 2.61 bits per heavy atom. The molecule has 1 aliphatic rings. The molecule has 0 aromatic heterocycles. The standard InChI is InChI=1S/C20H33N3O3S2/c1-6-18-14-22(11-12-27-18)16(5)20(24)21-17-10-9-15(4)19(13-17)28(25,26)23(7-2)8-3/h9-10,13,16,18H,6-8,11-12,14H2,1-5H3,(H,21,24)/t16-,18+/m1/s1. The van der Waals surface area contributed by atoms with Crippen molar-refractivity contribution in [3.63, 3.8) is 0 Å². The average Bonchev–Trinajstić information content (AvgIpc) is 2.69. The summed E-state index contributed by atoms with van der Waals surface area (Å²) in [5.41, 5.74) is 1.20. The second-order valence-electron chi connectivity index (χ2n) is 7.13. The van der Waals surface area contributed by atoms with E-state index in [2.05, 4.69) is 17.1 Å². The number of hydrogen-bond donors (Lipinski definition) is 1. The van der Waals surface area contributed by atoms with Gasteiger partial charge in [0.15, 0.2) is 0 Å². The zero-order chi connectivity index (χ0) is 20.9. The van der Waals surface area contributed by atoms with Gasteiger partial charge >= 0.3 is 0 Å². The Balaban J connectivity index is 2.17. The SMILES string of the molecule is CC[C@H]1CN([C@H](C)C(=O)Nc2ccc(C)c(S(=O)(=O)N(CC)CC)c2)CCS1. The van der Waals surface area contributed by atoms with Gasteiger partial charge in [0, 0.05) is 42.9 Å². The molecular formula is C20H33N3O3S2. The number of carbonyl (C=O) groups excluding carboxylic acids is 1. The van der Waals surface area contributed by atoms with Crippen LogP contribution in [-0.2, 0) is 14.8 Å². The zero-order valence-electron chi connectivity index (χ0n) is 17.6. The fourth-order valence-electron chi connectivity index (χ4n) is 3.41. The topological polar surface area (TPSA) is 69.7 Å². The largest absolute Gasteiger partial charge is 0.325 e. The first-order valence-electron chi connectivity index (χ1n) is 10.0.